The lowest BCUT2D eigenvalue weighted by Gasteiger charge is -2.09. The second-order valence-corrected chi connectivity index (χ2v) is 7.19. The number of rotatable bonds is 5. The minimum Gasteiger partial charge on any atom is -0.357 e. The molecule has 6 heteroatoms. The van der Waals surface area contributed by atoms with Gasteiger partial charge in [0.15, 0.2) is 5.43 Å². The van der Waals surface area contributed by atoms with E-state index >= 15 is 0 Å². The molecule has 0 saturated carbocycles. The van der Waals surface area contributed by atoms with Crippen LogP contribution in [0.1, 0.15) is 16.8 Å². The molecule has 4 nitrogen and oxygen atoms in total. The minimum atomic E-state index is -0.437. The van der Waals surface area contributed by atoms with Gasteiger partial charge in [-0.15, -0.1) is 11.8 Å². The number of anilines is 1. The predicted octanol–water partition coefficient (Wildman–Crippen LogP) is 4.16. The molecule has 0 aliphatic rings. The lowest BCUT2D eigenvalue weighted by atomic mass is 10.1. The second kappa shape index (κ2) is 7.74. The van der Waals surface area contributed by atoms with Crippen molar-refractivity contribution < 1.29 is 9.18 Å². The summed E-state index contributed by atoms with van der Waals surface area (Å²) in [7, 11) is 0. The van der Waals surface area contributed by atoms with Crippen LogP contribution < -0.4 is 10.7 Å². The van der Waals surface area contributed by atoms with Gasteiger partial charge in [-0.05, 0) is 43.7 Å². The molecule has 0 atom stereocenters. The molecule has 0 radical (unpaired) electrons. The first-order valence-electron chi connectivity index (χ1n) is 8.19. The van der Waals surface area contributed by atoms with Crippen molar-refractivity contribution in [1.29, 1.82) is 0 Å². The van der Waals surface area contributed by atoms with E-state index in [1.54, 1.807) is 6.07 Å². The molecule has 1 amide bonds. The Kier molecular flexibility index (Phi) is 5.42. The summed E-state index contributed by atoms with van der Waals surface area (Å²) in [4.78, 5) is 27.3. The van der Waals surface area contributed by atoms with E-state index in [0.29, 0.717) is 22.3 Å². The van der Waals surface area contributed by atoms with Crippen LogP contribution in [0.25, 0.3) is 10.9 Å². The highest BCUT2D eigenvalue weighted by molar-refractivity contribution is 7.99. The van der Waals surface area contributed by atoms with Crippen LogP contribution in [0, 0.1) is 19.7 Å². The number of halogens is 1. The number of pyridine rings is 1. The Morgan fingerprint density at radius 2 is 1.96 bits per heavy atom. The van der Waals surface area contributed by atoms with Gasteiger partial charge in [-0.3, -0.25) is 9.59 Å². The highest BCUT2D eigenvalue weighted by Gasteiger charge is 2.07. The van der Waals surface area contributed by atoms with Gasteiger partial charge in [0.05, 0.1) is 5.75 Å². The summed E-state index contributed by atoms with van der Waals surface area (Å²) < 4.78 is 13.2. The van der Waals surface area contributed by atoms with Gasteiger partial charge in [0, 0.05) is 34.1 Å². The zero-order valence-corrected chi connectivity index (χ0v) is 15.4. The molecular formula is C20H19FN2O2S. The van der Waals surface area contributed by atoms with Crippen molar-refractivity contribution in [2.45, 2.75) is 19.6 Å². The number of fused-ring (bicyclic) bond motifs is 1. The zero-order valence-electron chi connectivity index (χ0n) is 14.6. The molecule has 0 saturated heterocycles. The number of amides is 1. The van der Waals surface area contributed by atoms with Crippen molar-refractivity contribution in [3.8, 4) is 0 Å². The van der Waals surface area contributed by atoms with Gasteiger partial charge in [0.25, 0.3) is 0 Å². The van der Waals surface area contributed by atoms with E-state index in [4.69, 9.17) is 0 Å². The van der Waals surface area contributed by atoms with E-state index in [0.717, 1.165) is 16.8 Å². The smallest absolute Gasteiger partial charge is 0.234 e. The summed E-state index contributed by atoms with van der Waals surface area (Å²) in [5.41, 5.74) is 4.05. The molecule has 26 heavy (non-hydrogen) atoms. The highest BCUT2D eigenvalue weighted by atomic mass is 32.2. The Labute approximate surface area is 154 Å². The largest absolute Gasteiger partial charge is 0.357 e. The number of hydrogen-bond acceptors (Lipinski definition) is 3. The van der Waals surface area contributed by atoms with Crippen molar-refractivity contribution in [3.63, 3.8) is 0 Å². The molecule has 0 aliphatic carbocycles. The monoisotopic (exact) mass is 370 g/mol. The maximum atomic E-state index is 13.2. The third-order valence-electron chi connectivity index (χ3n) is 3.99. The van der Waals surface area contributed by atoms with Crippen LogP contribution in [0.2, 0.25) is 0 Å². The Morgan fingerprint density at radius 3 is 2.73 bits per heavy atom. The van der Waals surface area contributed by atoms with Crippen molar-refractivity contribution in [3.05, 3.63) is 75.3 Å². The first kappa shape index (κ1) is 18.2. The number of hydrogen-bond donors (Lipinski definition) is 2. The van der Waals surface area contributed by atoms with E-state index in [1.165, 1.54) is 30.0 Å². The second-order valence-electron chi connectivity index (χ2n) is 6.21. The fraction of sp³-hybridized carbons (Fsp3) is 0.200. The average Bonchev–Trinajstić information content (AvgIpc) is 2.58. The third kappa shape index (κ3) is 4.32. The molecule has 3 aromatic rings. The summed E-state index contributed by atoms with van der Waals surface area (Å²) in [5, 5.41) is 3.22. The van der Waals surface area contributed by atoms with Crippen molar-refractivity contribution in [1.82, 2.24) is 4.98 Å². The van der Waals surface area contributed by atoms with Gasteiger partial charge in [0.2, 0.25) is 5.91 Å². The summed E-state index contributed by atoms with van der Waals surface area (Å²) in [6.07, 6.45) is 0. The van der Waals surface area contributed by atoms with Gasteiger partial charge in [-0.2, -0.15) is 0 Å². The molecule has 134 valence electrons. The Balaban J connectivity index is 1.61. The van der Waals surface area contributed by atoms with E-state index in [1.807, 2.05) is 32.0 Å². The van der Waals surface area contributed by atoms with Crippen LogP contribution in [0.5, 0.6) is 0 Å². The molecule has 0 fully saturated rings. The number of H-pyrrole nitrogens is 1. The fourth-order valence-electron chi connectivity index (χ4n) is 2.75. The lowest BCUT2D eigenvalue weighted by Crippen LogP contribution is -2.15. The van der Waals surface area contributed by atoms with E-state index < -0.39 is 5.82 Å². The van der Waals surface area contributed by atoms with Crippen LogP contribution in [0.4, 0.5) is 10.1 Å². The van der Waals surface area contributed by atoms with Gasteiger partial charge in [-0.25, -0.2) is 4.39 Å². The molecular weight excluding hydrogens is 351 g/mol. The molecule has 1 heterocycles. The van der Waals surface area contributed by atoms with Gasteiger partial charge >= 0.3 is 0 Å². The summed E-state index contributed by atoms with van der Waals surface area (Å²) in [6.45, 7) is 3.96. The summed E-state index contributed by atoms with van der Waals surface area (Å²) in [6, 6.07) is 11.4. The maximum absolute atomic E-state index is 13.2. The quantitative estimate of drug-likeness (QED) is 0.709. The molecule has 0 unspecified atom stereocenters. The first-order chi connectivity index (χ1) is 12.4. The van der Waals surface area contributed by atoms with E-state index in [9.17, 15) is 14.0 Å². The van der Waals surface area contributed by atoms with Crippen LogP contribution in [0.15, 0.2) is 47.3 Å². The lowest BCUT2D eigenvalue weighted by molar-refractivity contribution is -0.113. The zero-order chi connectivity index (χ0) is 18.7. The number of aromatic amines is 1. The molecule has 3 rings (SSSR count). The molecule has 1 aromatic heterocycles. The van der Waals surface area contributed by atoms with Gasteiger partial charge in [0.1, 0.15) is 5.82 Å². The maximum Gasteiger partial charge on any atom is 0.234 e. The number of carbonyl (C=O) groups is 1. The summed E-state index contributed by atoms with van der Waals surface area (Å²) in [5.74, 6) is 0.236. The first-order valence-corrected chi connectivity index (χ1v) is 9.34. The number of thioether (sulfide) groups is 1. The molecule has 0 spiro atoms. The number of nitrogens with one attached hydrogen (secondary N) is 2. The molecule has 0 aliphatic heterocycles. The van der Waals surface area contributed by atoms with Crippen molar-refractivity contribution in [2.24, 2.45) is 0 Å². The number of benzene rings is 2. The third-order valence-corrected chi connectivity index (χ3v) is 4.98. The van der Waals surface area contributed by atoms with E-state index in [-0.39, 0.29) is 17.1 Å². The number of carbonyl (C=O) groups excluding carboxylic acids is 1. The summed E-state index contributed by atoms with van der Waals surface area (Å²) >= 11 is 1.41. The van der Waals surface area contributed by atoms with Crippen LogP contribution in [-0.2, 0) is 10.5 Å². The normalized spacial score (nSPS) is 10.9. The Morgan fingerprint density at radius 1 is 1.15 bits per heavy atom. The predicted molar refractivity (Wildman–Crippen MR) is 105 cm³/mol. The SMILES string of the molecule is Cc1ccc(NC(=O)CSCc2cc(=O)c3cc(F)ccc3[nH]2)c(C)c1. The highest BCUT2D eigenvalue weighted by Crippen LogP contribution is 2.18. The standard InChI is InChI=1S/C20H19FN2O2S/c1-12-3-5-17(13(2)7-12)23-20(25)11-26-10-15-9-19(24)16-8-14(21)4-6-18(16)22-15/h3-9H,10-11H2,1-2H3,(H,22,24)(H,23,25). The Hall–Kier alpha value is -2.60. The van der Waals surface area contributed by atoms with Crippen LogP contribution in [-0.4, -0.2) is 16.6 Å². The molecule has 2 N–H and O–H groups in total. The number of aryl methyl sites for hydroxylation is 2. The van der Waals surface area contributed by atoms with Crippen LogP contribution in [0.3, 0.4) is 0 Å². The molecule has 2 aromatic carbocycles. The topological polar surface area (TPSA) is 62.0 Å². The van der Waals surface area contributed by atoms with Gasteiger partial charge < -0.3 is 10.3 Å². The Bertz CT molecular complexity index is 1030. The van der Waals surface area contributed by atoms with E-state index in [2.05, 4.69) is 10.3 Å². The molecule has 0 bridgehead atoms. The number of aromatic nitrogens is 1. The minimum absolute atomic E-state index is 0.0906. The van der Waals surface area contributed by atoms with Crippen molar-refractivity contribution in [2.75, 3.05) is 11.1 Å². The van der Waals surface area contributed by atoms with Gasteiger partial charge in [-0.1, -0.05) is 17.7 Å². The average molecular weight is 370 g/mol. The van der Waals surface area contributed by atoms with Crippen molar-refractivity contribution >= 4 is 34.3 Å². The van der Waals surface area contributed by atoms with Crippen LogP contribution >= 0.6 is 11.8 Å². The fourth-order valence-corrected chi connectivity index (χ4v) is 3.48.